The zero-order valence-corrected chi connectivity index (χ0v) is 9.47. The van der Waals surface area contributed by atoms with Gasteiger partial charge in [0.1, 0.15) is 0 Å². The molecular weight excluding hydrogens is 192 g/mol. The van der Waals surface area contributed by atoms with E-state index >= 15 is 0 Å². The number of unbranched alkanes of at least 4 members (excludes halogenated alkanes) is 1. The molecule has 0 spiro atoms. The van der Waals surface area contributed by atoms with Crippen molar-refractivity contribution < 1.29 is 14.3 Å². The van der Waals surface area contributed by atoms with Crippen molar-refractivity contribution in [3.63, 3.8) is 0 Å². The average Bonchev–Trinajstić information content (AvgIpc) is 2.16. The summed E-state index contributed by atoms with van der Waals surface area (Å²) in [6, 6.07) is 0. The Balaban J connectivity index is 3.37. The molecular formula is C12H18O3. The van der Waals surface area contributed by atoms with E-state index in [2.05, 4.69) is 23.2 Å². The van der Waals surface area contributed by atoms with E-state index in [4.69, 9.17) is 4.74 Å². The molecule has 0 aliphatic rings. The van der Waals surface area contributed by atoms with Crippen molar-refractivity contribution in [1.29, 1.82) is 0 Å². The third-order valence-electron chi connectivity index (χ3n) is 1.40. The van der Waals surface area contributed by atoms with Crippen molar-refractivity contribution in [2.45, 2.75) is 26.7 Å². The minimum atomic E-state index is -0.458. The quantitative estimate of drug-likeness (QED) is 0.221. The van der Waals surface area contributed by atoms with E-state index in [1.165, 1.54) is 0 Å². The molecule has 0 aromatic carbocycles. The fourth-order valence-electron chi connectivity index (χ4n) is 0.811. The van der Waals surface area contributed by atoms with E-state index < -0.39 is 5.97 Å². The van der Waals surface area contributed by atoms with Gasteiger partial charge in [-0.3, -0.25) is 0 Å². The standard InChI is InChI=1S/C12H18O3/c1-4-15-12(13)8-6-5-7-9-14-10-11(2)3/h2,4-5,7,9-10H2,1,3H3. The van der Waals surface area contributed by atoms with Gasteiger partial charge in [0.15, 0.2) is 0 Å². The number of carbonyl (C=O) groups excluding carboxylic acids is 1. The molecule has 0 atom stereocenters. The highest BCUT2D eigenvalue weighted by atomic mass is 16.5. The molecule has 0 bridgehead atoms. The lowest BCUT2D eigenvalue weighted by Gasteiger charge is -2.00. The normalized spacial score (nSPS) is 8.93. The van der Waals surface area contributed by atoms with E-state index in [0.29, 0.717) is 26.2 Å². The van der Waals surface area contributed by atoms with Gasteiger partial charge in [-0.2, -0.15) is 0 Å². The maximum atomic E-state index is 10.8. The minimum absolute atomic E-state index is 0.370. The Morgan fingerprint density at radius 3 is 2.80 bits per heavy atom. The van der Waals surface area contributed by atoms with Crippen LogP contribution in [0.2, 0.25) is 0 Å². The van der Waals surface area contributed by atoms with Crippen LogP contribution in [-0.2, 0) is 14.3 Å². The van der Waals surface area contributed by atoms with Crippen molar-refractivity contribution in [3.8, 4) is 11.8 Å². The Morgan fingerprint density at radius 2 is 2.20 bits per heavy atom. The van der Waals surface area contributed by atoms with Crippen LogP contribution in [0.1, 0.15) is 26.7 Å². The Kier molecular flexibility index (Phi) is 8.50. The van der Waals surface area contributed by atoms with E-state index in [-0.39, 0.29) is 0 Å². The van der Waals surface area contributed by atoms with Crippen LogP contribution in [-0.4, -0.2) is 25.8 Å². The molecule has 0 rings (SSSR count). The van der Waals surface area contributed by atoms with Gasteiger partial charge in [0.2, 0.25) is 0 Å². The van der Waals surface area contributed by atoms with Crippen molar-refractivity contribution in [3.05, 3.63) is 12.2 Å². The van der Waals surface area contributed by atoms with Crippen LogP contribution < -0.4 is 0 Å². The van der Waals surface area contributed by atoms with Gasteiger partial charge >= 0.3 is 5.97 Å². The first-order valence-corrected chi connectivity index (χ1v) is 5.04. The highest BCUT2D eigenvalue weighted by molar-refractivity contribution is 5.88. The smallest absolute Gasteiger partial charge is 0.384 e. The molecule has 0 N–H and O–H groups in total. The first-order valence-electron chi connectivity index (χ1n) is 5.04. The monoisotopic (exact) mass is 210 g/mol. The first-order chi connectivity index (χ1) is 7.16. The summed E-state index contributed by atoms with van der Waals surface area (Å²) < 4.78 is 9.91. The summed E-state index contributed by atoms with van der Waals surface area (Å²) in [5, 5.41) is 0. The zero-order chi connectivity index (χ0) is 11.5. The van der Waals surface area contributed by atoms with Gasteiger partial charge < -0.3 is 9.47 Å². The maximum absolute atomic E-state index is 10.8. The van der Waals surface area contributed by atoms with Gasteiger partial charge in [-0.25, -0.2) is 4.79 Å². The number of rotatable bonds is 6. The van der Waals surface area contributed by atoms with Crippen LogP contribution in [0, 0.1) is 11.8 Å². The number of hydrogen-bond acceptors (Lipinski definition) is 3. The predicted molar refractivity (Wildman–Crippen MR) is 59.3 cm³/mol. The van der Waals surface area contributed by atoms with E-state index in [0.717, 1.165) is 12.0 Å². The lowest BCUT2D eigenvalue weighted by atomic mass is 10.3. The lowest BCUT2D eigenvalue weighted by molar-refractivity contribution is -0.136. The molecule has 0 aliphatic heterocycles. The Bertz CT molecular complexity index is 258. The van der Waals surface area contributed by atoms with Crippen molar-refractivity contribution in [1.82, 2.24) is 0 Å². The summed E-state index contributed by atoms with van der Waals surface area (Å²) in [6.45, 7) is 8.99. The highest BCUT2D eigenvalue weighted by Gasteiger charge is 1.92. The second-order valence-electron chi connectivity index (χ2n) is 3.14. The molecule has 0 saturated carbocycles. The Morgan fingerprint density at radius 1 is 1.47 bits per heavy atom. The molecule has 0 amide bonds. The molecule has 0 saturated heterocycles. The van der Waals surface area contributed by atoms with Crippen LogP contribution in [0.15, 0.2) is 12.2 Å². The van der Waals surface area contributed by atoms with Crippen LogP contribution >= 0.6 is 0 Å². The minimum Gasteiger partial charge on any atom is -0.456 e. The molecule has 15 heavy (non-hydrogen) atoms. The molecule has 3 nitrogen and oxygen atoms in total. The molecule has 0 unspecified atom stereocenters. The molecule has 0 aromatic rings. The Hall–Kier alpha value is -1.27. The SMILES string of the molecule is C=C(C)COCCCC#CC(=O)OCC. The van der Waals surface area contributed by atoms with Crippen LogP contribution in [0.4, 0.5) is 0 Å². The largest absolute Gasteiger partial charge is 0.456 e. The summed E-state index contributed by atoms with van der Waals surface area (Å²) >= 11 is 0. The molecule has 0 aromatic heterocycles. The highest BCUT2D eigenvalue weighted by Crippen LogP contribution is 1.92. The molecule has 3 heteroatoms. The molecule has 0 radical (unpaired) electrons. The van der Waals surface area contributed by atoms with Gasteiger partial charge in [-0.05, 0) is 20.3 Å². The van der Waals surface area contributed by atoms with E-state index in [1.54, 1.807) is 6.92 Å². The van der Waals surface area contributed by atoms with Crippen LogP contribution in [0.5, 0.6) is 0 Å². The average molecular weight is 210 g/mol. The Labute approximate surface area is 91.5 Å². The van der Waals surface area contributed by atoms with Gasteiger partial charge in [-0.15, -0.1) is 0 Å². The second kappa shape index (κ2) is 9.29. The molecule has 84 valence electrons. The third-order valence-corrected chi connectivity index (χ3v) is 1.40. The maximum Gasteiger partial charge on any atom is 0.384 e. The van der Waals surface area contributed by atoms with Gasteiger partial charge in [-0.1, -0.05) is 18.1 Å². The lowest BCUT2D eigenvalue weighted by Crippen LogP contribution is -2.00. The summed E-state index contributed by atoms with van der Waals surface area (Å²) in [5.74, 6) is 4.67. The number of hydrogen-bond donors (Lipinski definition) is 0. The summed E-state index contributed by atoms with van der Waals surface area (Å²) in [5.41, 5.74) is 1.01. The molecule has 0 heterocycles. The fraction of sp³-hybridized carbons (Fsp3) is 0.583. The van der Waals surface area contributed by atoms with Gasteiger partial charge in [0, 0.05) is 18.9 Å². The topological polar surface area (TPSA) is 35.5 Å². The number of ether oxygens (including phenoxy) is 2. The van der Waals surface area contributed by atoms with Crippen molar-refractivity contribution in [2.24, 2.45) is 0 Å². The summed E-state index contributed by atoms with van der Waals surface area (Å²) in [4.78, 5) is 10.8. The molecule has 0 fully saturated rings. The van der Waals surface area contributed by atoms with E-state index in [9.17, 15) is 4.79 Å². The summed E-state index contributed by atoms with van der Waals surface area (Å²) in [6.07, 6.45) is 1.47. The van der Waals surface area contributed by atoms with Crippen molar-refractivity contribution >= 4 is 5.97 Å². The number of carbonyl (C=O) groups is 1. The van der Waals surface area contributed by atoms with Crippen LogP contribution in [0.25, 0.3) is 0 Å². The number of esters is 1. The second-order valence-corrected chi connectivity index (χ2v) is 3.14. The molecule has 0 aliphatic carbocycles. The van der Waals surface area contributed by atoms with Crippen molar-refractivity contribution in [2.75, 3.05) is 19.8 Å². The van der Waals surface area contributed by atoms with Gasteiger partial charge in [0.25, 0.3) is 0 Å². The third kappa shape index (κ3) is 10.7. The van der Waals surface area contributed by atoms with Crippen LogP contribution in [0.3, 0.4) is 0 Å². The zero-order valence-electron chi connectivity index (χ0n) is 9.47. The predicted octanol–water partition coefficient (Wildman–Crippen LogP) is 1.93. The fourth-order valence-corrected chi connectivity index (χ4v) is 0.811. The summed E-state index contributed by atoms with van der Waals surface area (Å²) in [7, 11) is 0. The van der Waals surface area contributed by atoms with Gasteiger partial charge in [0.05, 0.1) is 13.2 Å². The van der Waals surface area contributed by atoms with E-state index in [1.807, 2.05) is 6.92 Å². The first kappa shape index (κ1) is 13.7.